The summed E-state index contributed by atoms with van der Waals surface area (Å²) in [5, 5.41) is 3.37. The highest BCUT2D eigenvalue weighted by Gasteiger charge is 2.30. The monoisotopic (exact) mass is 586 g/mol. The molecule has 0 saturated carbocycles. The molecule has 10 heteroatoms. The summed E-state index contributed by atoms with van der Waals surface area (Å²) in [5.74, 6) is -0.177. The number of piperidine rings is 1. The van der Waals surface area contributed by atoms with E-state index in [9.17, 15) is 18.0 Å². The van der Waals surface area contributed by atoms with E-state index in [0.29, 0.717) is 12.1 Å². The van der Waals surface area contributed by atoms with Crippen LogP contribution in [0.2, 0.25) is 0 Å². The molecule has 222 valence electrons. The number of hydrogen-bond donors (Lipinski definition) is 1. The van der Waals surface area contributed by atoms with Gasteiger partial charge in [0.25, 0.3) is 0 Å². The first kappa shape index (κ1) is 29.9. The van der Waals surface area contributed by atoms with Gasteiger partial charge in [-0.2, -0.15) is 13.2 Å². The molecular weight excluding hydrogens is 553 g/mol. The number of aromatic nitrogens is 3. The molecule has 1 amide bonds. The number of nitrogens with one attached hydrogen (secondary N) is 1. The van der Waals surface area contributed by atoms with Crippen molar-refractivity contribution in [2.45, 2.75) is 45.1 Å². The van der Waals surface area contributed by atoms with Crippen molar-refractivity contribution in [2.24, 2.45) is 0 Å². The molecule has 1 saturated heterocycles. The average molecular weight is 587 g/mol. The van der Waals surface area contributed by atoms with Gasteiger partial charge >= 0.3 is 6.18 Å². The Hall–Kier alpha value is -4.57. The molecule has 1 aliphatic rings. The molecule has 2 aromatic carbocycles. The Kier molecular flexibility index (Phi) is 9.46. The predicted octanol–water partition coefficient (Wildman–Crippen LogP) is 6.65. The van der Waals surface area contributed by atoms with E-state index in [0.717, 1.165) is 72.8 Å². The fraction of sp³-hybridized carbons (Fsp3) is 0.273. The van der Waals surface area contributed by atoms with E-state index in [4.69, 9.17) is 0 Å². The van der Waals surface area contributed by atoms with Crippen LogP contribution in [0.4, 0.5) is 24.5 Å². The molecule has 7 nitrogen and oxygen atoms in total. The summed E-state index contributed by atoms with van der Waals surface area (Å²) < 4.78 is 38.9. The lowest BCUT2D eigenvalue weighted by molar-refractivity contribution is -0.137. The summed E-state index contributed by atoms with van der Waals surface area (Å²) in [6.45, 7) is 4.75. The third-order valence-corrected chi connectivity index (χ3v) is 7.45. The van der Waals surface area contributed by atoms with Crippen molar-refractivity contribution < 1.29 is 18.0 Å². The van der Waals surface area contributed by atoms with Crippen LogP contribution < -0.4 is 5.32 Å². The van der Waals surface area contributed by atoms with Gasteiger partial charge in [-0.25, -0.2) is 9.97 Å². The van der Waals surface area contributed by atoms with E-state index in [2.05, 4.69) is 25.2 Å². The maximum Gasteiger partial charge on any atom is 0.416 e. The fourth-order valence-electron chi connectivity index (χ4n) is 5.17. The second-order valence-electron chi connectivity index (χ2n) is 10.7. The van der Waals surface area contributed by atoms with E-state index in [1.807, 2.05) is 60.6 Å². The van der Waals surface area contributed by atoms with E-state index < -0.39 is 11.7 Å². The first-order valence-electron chi connectivity index (χ1n) is 14.1. The van der Waals surface area contributed by atoms with Crippen LogP contribution >= 0.6 is 0 Å². The quantitative estimate of drug-likeness (QED) is 0.222. The summed E-state index contributed by atoms with van der Waals surface area (Å²) in [4.78, 5) is 30.2. The van der Waals surface area contributed by atoms with E-state index in [1.54, 1.807) is 12.3 Å². The average Bonchev–Trinajstić information content (AvgIpc) is 3.00. The van der Waals surface area contributed by atoms with Gasteiger partial charge in [0.2, 0.25) is 5.91 Å². The molecule has 0 spiro atoms. The first-order valence-corrected chi connectivity index (χ1v) is 14.1. The molecule has 1 fully saturated rings. The highest BCUT2D eigenvalue weighted by atomic mass is 19.4. The third kappa shape index (κ3) is 8.48. The normalized spacial score (nSPS) is 14.6. The van der Waals surface area contributed by atoms with Gasteiger partial charge in [0.05, 0.1) is 5.56 Å². The van der Waals surface area contributed by atoms with Crippen LogP contribution in [-0.4, -0.2) is 49.8 Å². The Labute approximate surface area is 249 Å². The van der Waals surface area contributed by atoms with Crippen molar-refractivity contribution in [1.82, 2.24) is 24.8 Å². The van der Waals surface area contributed by atoms with Crippen molar-refractivity contribution in [3.8, 4) is 0 Å². The molecule has 4 aromatic rings. The summed E-state index contributed by atoms with van der Waals surface area (Å²) in [7, 11) is 0. The number of benzene rings is 2. The highest BCUT2D eigenvalue weighted by Crippen LogP contribution is 2.29. The first-order chi connectivity index (χ1) is 20.7. The highest BCUT2D eigenvalue weighted by molar-refractivity contribution is 5.92. The van der Waals surface area contributed by atoms with Crippen LogP contribution in [-0.2, 0) is 24.1 Å². The maximum absolute atomic E-state index is 13.6. The molecule has 0 unspecified atom stereocenters. The summed E-state index contributed by atoms with van der Waals surface area (Å²) in [6.07, 6.45) is 7.13. The van der Waals surface area contributed by atoms with Crippen LogP contribution in [0.1, 0.15) is 40.8 Å². The molecule has 1 aliphatic heterocycles. The second-order valence-corrected chi connectivity index (χ2v) is 10.7. The zero-order valence-electron chi connectivity index (χ0n) is 23.8. The molecule has 5 rings (SSSR count). The summed E-state index contributed by atoms with van der Waals surface area (Å²) in [5.41, 5.74) is 4.63. The molecule has 0 aliphatic carbocycles. The number of pyridine rings is 1. The maximum atomic E-state index is 13.6. The Balaban J connectivity index is 1.28. The van der Waals surface area contributed by atoms with Gasteiger partial charge in [-0.15, -0.1) is 0 Å². The summed E-state index contributed by atoms with van der Waals surface area (Å²) >= 11 is 0. The third-order valence-electron chi connectivity index (χ3n) is 7.45. The van der Waals surface area contributed by atoms with Crippen molar-refractivity contribution >= 4 is 23.4 Å². The van der Waals surface area contributed by atoms with Crippen LogP contribution in [0.15, 0.2) is 91.7 Å². The van der Waals surface area contributed by atoms with Crippen LogP contribution in [0.3, 0.4) is 0 Å². The molecule has 0 radical (unpaired) electrons. The van der Waals surface area contributed by atoms with Gasteiger partial charge < -0.3 is 10.2 Å². The molecule has 43 heavy (non-hydrogen) atoms. The molecule has 2 aromatic heterocycles. The van der Waals surface area contributed by atoms with Gasteiger partial charge in [0, 0.05) is 79.5 Å². The van der Waals surface area contributed by atoms with Gasteiger partial charge in [-0.05, 0) is 73.4 Å². The molecule has 0 atom stereocenters. The minimum absolute atomic E-state index is 0.0191. The minimum atomic E-state index is -4.40. The number of nitrogens with zero attached hydrogens (tertiary/aromatic N) is 5. The lowest BCUT2D eigenvalue weighted by Gasteiger charge is -2.38. The second kappa shape index (κ2) is 13.6. The Morgan fingerprint density at radius 1 is 0.977 bits per heavy atom. The minimum Gasteiger partial charge on any atom is -0.355 e. The lowest BCUT2D eigenvalue weighted by atomic mass is 10.0. The van der Waals surface area contributed by atoms with Gasteiger partial charge in [0.1, 0.15) is 6.33 Å². The van der Waals surface area contributed by atoms with Crippen molar-refractivity contribution in [3.63, 3.8) is 0 Å². The largest absolute Gasteiger partial charge is 0.416 e. The smallest absolute Gasteiger partial charge is 0.355 e. The fourth-order valence-corrected chi connectivity index (χ4v) is 5.17. The van der Waals surface area contributed by atoms with Gasteiger partial charge in [0.15, 0.2) is 0 Å². The molecule has 0 bridgehead atoms. The van der Waals surface area contributed by atoms with Crippen LogP contribution in [0.25, 0.3) is 6.08 Å². The number of carbonyl (C=O) groups is 1. The SMILES string of the molecule is Cc1cc(Nc2ccc(CN(C(=O)C=Cc3ccc(C(F)(F)F)cc3)C3CCN(Cc4cncnc4)CC3)cc2)ccn1. The van der Waals surface area contributed by atoms with Crippen molar-refractivity contribution in [2.75, 3.05) is 18.4 Å². The number of hydrogen-bond acceptors (Lipinski definition) is 6. The molecule has 1 N–H and O–H groups in total. The van der Waals surface area contributed by atoms with Crippen LogP contribution in [0, 0.1) is 6.92 Å². The lowest BCUT2D eigenvalue weighted by Crippen LogP contribution is -2.46. The number of alkyl halides is 3. The van der Waals surface area contributed by atoms with E-state index in [-0.39, 0.29) is 11.9 Å². The number of anilines is 2. The number of rotatable bonds is 9. The zero-order chi connectivity index (χ0) is 30.2. The molecular formula is C33H33F3N6O. The summed E-state index contributed by atoms with van der Waals surface area (Å²) in [6, 6.07) is 16.7. The Bertz CT molecular complexity index is 1520. The zero-order valence-corrected chi connectivity index (χ0v) is 23.8. The van der Waals surface area contributed by atoms with Crippen molar-refractivity contribution in [1.29, 1.82) is 0 Å². The number of carbonyl (C=O) groups excluding carboxylic acids is 1. The number of likely N-dealkylation sites (tertiary alicyclic amines) is 1. The Morgan fingerprint density at radius 2 is 1.67 bits per heavy atom. The van der Waals surface area contributed by atoms with Crippen molar-refractivity contribution in [3.05, 3.63) is 120 Å². The van der Waals surface area contributed by atoms with Gasteiger partial charge in [-0.3, -0.25) is 14.7 Å². The molecule has 3 heterocycles. The standard InChI is InChI=1S/C33H33F3N6O/c1-24-18-30(12-15-39-24)40-29-9-4-26(5-10-29)22-42(31-13-16-41(17-14-31)21-27-19-37-23-38-20-27)32(43)11-6-25-2-7-28(8-3-25)33(34,35)36/h2-12,15,18-20,23,31H,13-14,16-17,21-22H2,1H3,(H,39,40). The number of halogens is 3. The number of aryl methyl sites for hydroxylation is 1. The number of amides is 1. The van der Waals surface area contributed by atoms with E-state index >= 15 is 0 Å². The topological polar surface area (TPSA) is 74.2 Å². The van der Waals surface area contributed by atoms with E-state index in [1.165, 1.54) is 24.5 Å². The Morgan fingerprint density at radius 3 is 2.33 bits per heavy atom. The van der Waals surface area contributed by atoms with Crippen LogP contribution in [0.5, 0.6) is 0 Å². The van der Waals surface area contributed by atoms with Gasteiger partial charge in [-0.1, -0.05) is 24.3 Å². The predicted molar refractivity (Wildman–Crippen MR) is 160 cm³/mol.